The number of rotatable bonds is 4. The van der Waals surface area contributed by atoms with Crippen molar-refractivity contribution >= 4 is 22.4 Å². The Morgan fingerprint density at radius 2 is 2.30 bits per heavy atom. The van der Waals surface area contributed by atoms with E-state index >= 15 is 0 Å². The fourth-order valence-electron chi connectivity index (χ4n) is 2.40. The second-order valence-electron chi connectivity index (χ2n) is 5.02. The van der Waals surface area contributed by atoms with Crippen LogP contribution in [0.1, 0.15) is 18.5 Å². The van der Waals surface area contributed by atoms with E-state index in [-0.39, 0.29) is 12.0 Å². The lowest BCUT2D eigenvalue weighted by molar-refractivity contribution is -0.124. The smallest absolute Gasteiger partial charge is 0.255 e. The average Bonchev–Trinajstić information content (AvgIpc) is 3.11. The van der Waals surface area contributed by atoms with Gasteiger partial charge in [-0.1, -0.05) is 0 Å². The van der Waals surface area contributed by atoms with Gasteiger partial charge in [-0.25, -0.2) is 4.98 Å². The van der Waals surface area contributed by atoms with E-state index in [4.69, 9.17) is 9.47 Å². The Morgan fingerprint density at radius 3 is 3.05 bits per heavy atom. The first-order chi connectivity index (χ1) is 9.81. The van der Waals surface area contributed by atoms with Crippen LogP contribution in [0.2, 0.25) is 0 Å². The number of amides is 1. The fourth-order valence-corrected chi connectivity index (χ4v) is 3.10. The van der Waals surface area contributed by atoms with Gasteiger partial charge in [0.2, 0.25) is 0 Å². The highest BCUT2D eigenvalue weighted by atomic mass is 32.1. The molecule has 2 saturated heterocycles. The van der Waals surface area contributed by atoms with E-state index < -0.39 is 0 Å². The Balaban J connectivity index is 1.52. The van der Waals surface area contributed by atoms with Crippen LogP contribution in [0.3, 0.4) is 0 Å². The molecule has 1 N–H and O–H groups in total. The molecule has 2 aliphatic rings. The van der Waals surface area contributed by atoms with Crippen LogP contribution in [-0.4, -0.2) is 54.8 Å². The zero-order valence-corrected chi connectivity index (χ0v) is 12.2. The van der Waals surface area contributed by atoms with Crippen LogP contribution in [-0.2, 0) is 20.8 Å². The van der Waals surface area contributed by atoms with Crippen molar-refractivity contribution in [3.05, 3.63) is 11.1 Å². The summed E-state index contributed by atoms with van der Waals surface area (Å²) in [5.74, 6) is -0.0743. The molecule has 3 heterocycles. The number of nitrogens with one attached hydrogen (secondary N) is 1. The number of thiazole rings is 1. The third kappa shape index (κ3) is 3.54. The predicted molar refractivity (Wildman–Crippen MR) is 75.8 cm³/mol. The van der Waals surface area contributed by atoms with Crippen LogP contribution in [0.15, 0.2) is 5.38 Å². The minimum atomic E-state index is -0.304. The molecule has 0 bridgehead atoms. The molecule has 0 aromatic carbocycles. The molecule has 6 nitrogen and oxygen atoms in total. The monoisotopic (exact) mass is 297 g/mol. The van der Waals surface area contributed by atoms with Gasteiger partial charge in [-0.15, -0.1) is 11.3 Å². The molecule has 1 aromatic heterocycles. The normalized spacial score (nSPS) is 23.9. The van der Waals surface area contributed by atoms with Crippen molar-refractivity contribution in [3.63, 3.8) is 0 Å². The highest BCUT2D eigenvalue weighted by molar-refractivity contribution is 7.13. The molecule has 0 saturated carbocycles. The maximum atomic E-state index is 11.9. The molecule has 3 rings (SSSR count). The third-order valence-corrected chi connectivity index (χ3v) is 4.30. The van der Waals surface area contributed by atoms with Gasteiger partial charge >= 0.3 is 0 Å². The molecule has 20 heavy (non-hydrogen) atoms. The van der Waals surface area contributed by atoms with Gasteiger partial charge in [0.25, 0.3) is 5.91 Å². The summed E-state index contributed by atoms with van der Waals surface area (Å²) in [6.45, 7) is 4.94. The number of carbonyl (C=O) groups is 1. The minimum absolute atomic E-state index is 0.0743. The molecule has 1 amide bonds. The van der Waals surface area contributed by atoms with E-state index in [1.807, 2.05) is 5.38 Å². The number of anilines is 1. The van der Waals surface area contributed by atoms with Crippen LogP contribution < -0.4 is 5.32 Å². The van der Waals surface area contributed by atoms with Crippen molar-refractivity contribution in [2.75, 3.05) is 38.2 Å². The van der Waals surface area contributed by atoms with Gasteiger partial charge in [0, 0.05) is 31.6 Å². The lowest BCUT2D eigenvalue weighted by Gasteiger charge is -2.25. The van der Waals surface area contributed by atoms with Crippen molar-refractivity contribution in [3.8, 4) is 0 Å². The number of carbonyl (C=O) groups excluding carboxylic acids is 1. The highest BCUT2D eigenvalue weighted by Crippen LogP contribution is 2.19. The lowest BCUT2D eigenvalue weighted by atomic mass is 10.2. The van der Waals surface area contributed by atoms with Gasteiger partial charge in [-0.05, 0) is 12.8 Å². The molecule has 1 aromatic rings. The molecule has 0 radical (unpaired) electrons. The van der Waals surface area contributed by atoms with Gasteiger partial charge in [0.05, 0.1) is 18.9 Å². The average molecular weight is 297 g/mol. The van der Waals surface area contributed by atoms with Crippen molar-refractivity contribution in [1.82, 2.24) is 9.88 Å². The van der Waals surface area contributed by atoms with Gasteiger partial charge in [0.1, 0.15) is 6.10 Å². The van der Waals surface area contributed by atoms with Crippen molar-refractivity contribution in [2.45, 2.75) is 25.5 Å². The number of nitrogens with zero attached hydrogens (tertiary/aromatic N) is 2. The fraction of sp³-hybridized carbons (Fsp3) is 0.692. The summed E-state index contributed by atoms with van der Waals surface area (Å²) in [6.07, 6.45) is 1.46. The molecule has 0 spiro atoms. The second-order valence-corrected chi connectivity index (χ2v) is 5.88. The molecule has 2 aliphatic heterocycles. The summed E-state index contributed by atoms with van der Waals surface area (Å²) < 4.78 is 10.7. The first-order valence-corrected chi connectivity index (χ1v) is 7.86. The summed E-state index contributed by atoms with van der Waals surface area (Å²) in [6, 6.07) is 0. The second kappa shape index (κ2) is 6.62. The topological polar surface area (TPSA) is 63.7 Å². The number of hydrogen-bond donors (Lipinski definition) is 1. The van der Waals surface area contributed by atoms with Gasteiger partial charge in [-0.3, -0.25) is 15.0 Å². The SMILES string of the molecule is O=C(Nc1nc(CN2CCOCC2)cs1)C1CCCO1. The summed E-state index contributed by atoms with van der Waals surface area (Å²) in [4.78, 5) is 18.7. The van der Waals surface area contributed by atoms with E-state index in [9.17, 15) is 4.79 Å². The van der Waals surface area contributed by atoms with Crippen LogP contribution in [0.4, 0.5) is 5.13 Å². The Kier molecular flexibility index (Phi) is 4.62. The molecular weight excluding hydrogens is 278 g/mol. The number of hydrogen-bond acceptors (Lipinski definition) is 6. The Labute approximate surface area is 122 Å². The predicted octanol–water partition coefficient (Wildman–Crippen LogP) is 1.09. The minimum Gasteiger partial charge on any atom is -0.379 e. The summed E-state index contributed by atoms with van der Waals surface area (Å²) >= 11 is 1.47. The largest absolute Gasteiger partial charge is 0.379 e. The molecule has 1 atom stereocenters. The number of morpholine rings is 1. The van der Waals surface area contributed by atoms with Crippen LogP contribution in [0.25, 0.3) is 0 Å². The van der Waals surface area contributed by atoms with Crippen molar-refractivity contribution in [1.29, 1.82) is 0 Å². The Hall–Kier alpha value is -1.02. The molecule has 1 unspecified atom stereocenters. The van der Waals surface area contributed by atoms with Gasteiger partial charge in [-0.2, -0.15) is 0 Å². The molecule has 110 valence electrons. The van der Waals surface area contributed by atoms with Gasteiger partial charge in [0.15, 0.2) is 5.13 Å². The first-order valence-electron chi connectivity index (χ1n) is 6.98. The van der Waals surface area contributed by atoms with E-state index in [1.165, 1.54) is 11.3 Å². The van der Waals surface area contributed by atoms with Crippen LogP contribution >= 0.6 is 11.3 Å². The van der Waals surface area contributed by atoms with Crippen LogP contribution in [0.5, 0.6) is 0 Å². The summed E-state index contributed by atoms with van der Waals surface area (Å²) in [5.41, 5.74) is 1.000. The third-order valence-electron chi connectivity index (χ3n) is 3.49. The number of aromatic nitrogens is 1. The maximum Gasteiger partial charge on any atom is 0.255 e. The quantitative estimate of drug-likeness (QED) is 0.901. The Morgan fingerprint density at radius 1 is 1.45 bits per heavy atom. The molecule has 2 fully saturated rings. The zero-order valence-electron chi connectivity index (χ0n) is 11.3. The van der Waals surface area contributed by atoms with Crippen LogP contribution in [0, 0.1) is 0 Å². The Bertz CT molecular complexity index is 453. The standard InChI is InChI=1S/C13H19N3O3S/c17-12(11-2-1-5-19-11)15-13-14-10(9-20-13)8-16-3-6-18-7-4-16/h9,11H,1-8H2,(H,14,15,17). The first kappa shape index (κ1) is 13.9. The van der Waals surface area contributed by atoms with Crippen molar-refractivity contribution < 1.29 is 14.3 Å². The number of ether oxygens (including phenoxy) is 2. The van der Waals surface area contributed by atoms with E-state index in [0.29, 0.717) is 11.7 Å². The summed E-state index contributed by atoms with van der Waals surface area (Å²) in [5, 5.41) is 5.50. The highest BCUT2D eigenvalue weighted by Gasteiger charge is 2.24. The van der Waals surface area contributed by atoms with Crippen molar-refractivity contribution in [2.24, 2.45) is 0 Å². The van der Waals surface area contributed by atoms with Gasteiger partial charge < -0.3 is 9.47 Å². The summed E-state index contributed by atoms with van der Waals surface area (Å²) in [7, 11) is 0. The maximum absolute atomic E-state index is 11.9. The molecular formula is C13H19N3O3S. The zero-order chi connectivity index (χ0) is 13.8. The van der Waals surface area contributed by atoms with E-state index in [2.05, 4.69) is 15.2 Å². The molecule has 0 aliphatic carbocycles. The lowest BCUT2D eigenvalue weighted by Crippen LogP contribution is -2.35. The van der Waals surface area contributed by atoms with E-state index in [0.717, 1.165) is 51.4 Å². The van der Waals surface area contributed by atoms with E-state index in [1.54, 1.807) is 0 Å². The molecule has 7 heteroatoms.